The Morgan fingerprint density at radius 1 is 0.783 bits per heavy atom. The van der Waals surface area contributed by atoms with Crippen LogP contribution in [0, 0.1) is 0 Å². The molecule has 0 fully saturated rings. The molecule has 122 valence electrons. The van der Waals surface area contributed by atoms with Gasteiger partial charge in [0.15, 0.2) is 23.0 Å². The zero-order chi connectivity index (χ0) is 16.2. The molecule has 0 aliphatic carbocycles. The molecule has 0 unspecified atom stereocenters. The Labute approximate surface area is 135 Å². The minimum atomic E-state index is 0.241. The molecule has 0 saturated heterocycles. The van der Waals surface area contributed by atoms with Crippen LogP contribution in [0.2, 0.25) is 0 Å². The van der Waals surface area contributed by atoms with Crippen LogP contribution in [0.3, 0.4) is 0 Å². The summed E-state index contributed by atoms with van der Waals surface area (Å²) in [6.45, 7) is 0.241. The van der Waals surface area contributed by atoms with Crippen molar-refractivity contribution in [3.05, 3.63) is 41.5 Å². The SMILES string of the molecule is COc1ccc(CCc2cc(OC)c3c(c2)OCO3)cc1OC. The topological polar surface area (TPSA) is 46.2 Å². The van der Waals surface area contributed by atoms with Gasteiger partial charge < -0.3 is 23.7 Å². The Balaban J connectivity index is 1.76. The minimum absolute atomic E-state index is 0.241. The molecule has 3 rings (SSSR count). The maximum atomic E-state index is 5.46. The predicted molar refractivity (Wildman–Crippen MR) is 86.1 cm³/mol. The number of hydrogen-bond acceptors (Lipinski definition) is 5. The van der Waals surface area contributed by atoms with E-state index in [1.807, 2.05) is 30.3 Å². The van der Waals surface area contributed by atoms with Crippen LogP contribution in [0.15, 0.2) is 30.3 Å². The minimum Gasteiger partial charge on any atom is -0.493 e. The normalized spacial score (nSPS) is 12.1. The van der Waals surface area contributed by atoms with Crippen molar-refractivity contribution in [3.63, 3.8) is 0 Å². The third-order valence-corrected chi connectivity index (χ3v) is 3.87. The van der Waals surface area contributed by atoms with Gasteiger partial charge in [0.1, 0.15) is 0 Å². The number of rotatable bonds is 6. The lowest BCUT2D eigenvalue weighted by Gasteiger charge is -2.11. The highest BCUT2D eigenvalue weighted by molar-refractivity contribution is 5.55. The number of hydrogen-bond donors (Lipinski definition) is 0. The highest BCUT2D eigenvalue weighted by Gasteiger charge is 2.20. The molecule has 1 aliphatic heterocycles. The Morgan fingerprint density at radius 3 is 2.22 bits per heavy atom. The molecule has 2 aromatic carbocycles. The fraction of sp³-hybridized carbons (Fsp3) is 0.333. The number of benzene rings is 2. The number of fused-ring (bicyclic) bond motifs is 1. The average Bonchev–Trinajstić information content (AvgIpc) is 3.07. The fourth-order valence-corrected chi connectivity index (χ4v) is 2.65. The molecule has 0 aromatic heterocycles. The predicted octanol–water partition coefficient (Wildman–Crippen LogP) is 3.23. The lowest BCUT2D eigenvalue weighted by Crippen LogP contribution is -1.96. The molecular weight excluding hydrogens is 296 g/mol. The van der Waals surface area contributed by atoms with E-state index >= 15 is 0 Å². The molecule has 0 bridgehead atoms. The van der Waals surface area contributed by atoms with E-state index in [-0.39, 0.29) is 6.79 Å². The summed E-state index contributed by atoms with van der Waals surface area (Å²) in [5, 5.41) is 0. The Kier molecular flexibility index (Phi) is 4.46. The lowest BCUT2D eigenvalue weighted by molar-refractivity contribution is 0.171. The van der Waals surface area contributed by atoms with Gasteiger partial charge in [0.25, 0.3) is 0 Å². The zero-order valence-electron chi connectivity index (χ0n) is 13.5. The molecule has 0 N–H and O–H groups in total. The van der Waals surface area contributed by atoms with Crippen molar-refractivity contribution in [1.29, 1.82) is 0 Å². The van der Waals surface area contributed by atoms with Crippen LogP contribution in [0.1, 0.15) is 11.1 Å². The molecule has 0 radical (unpaired) electrons. The van der Waals surface area contributed by atoms with Gasteiger partial charge in [-0.1, -0.05) is 6.07 Å². The first-order valence-corrected chi connectivity index (χ1v) is 7.42. The zero-order valence-corrected chi connectivity index (χ0v) is 13.5. The van der Waals surface area contributed by atoms with E-state index in [0.29, 0.717) is 11.5 Å². The monoisotopic (exact) mass is 316 g/mol. The summed E-state index contributed by atoms with van der Waals surface area (Å²) in [4.78, 5) is 0. The van der Waals surface area contributed by atoms with Gasteiger partial charge in [0.2, 0.25) is 12.5 Å². The summed E-state index contributed by atoms with van der Waals surface area (Å²) < 4.78 is 26.9. The van der Waals surface area contributed by atoms with Crippen LogP contribution >= 0.6 is 0 Å². The van der Waals surface area contributed by atoms with Crippen LogP contribution in [0.5, 0.6) is 28.7 Å². The first-order chi connectivity index (χ1) is 11.2. The quantitative estimate of drug-likeness (QED) is 0.819. The van der Waals surface area contributed by atoms with Crippen molar-refractivity contribution < 1.29 is 23.7 Å². The molecule has 2 aromatic rings. The van der Waals surface area contributed by atoms with Crippen molar-refractivity contribution in [2.75, 3.05) is 28.1 Å². The Bertz CT molecular complexity index is 696. The second-order valence-corrected chi connectivity index (χ2v) is 5.22. The second kappa shape index (κ2) is 6.69. The summed E-state index contributed by atoms with van der Waals surface area (Å²) in [5.41, 5.74) is 2.32. The smallest absolute Gasteiger partial charge is 0.231 e. The standard InChI is InChI=1S/C18H20O5/c1-19-14-7-6-12(8-15(14)20-2)4-5-13-9-16(21-3)18-17(10-13)22-11-23-18/h6-10H,4-5,11H2,1-3H3. The molecular formula is C18H20O5. The van der Waals surface area contributed by atoms with E-state index in [9.17, 15) is 0 Å². The molecule has 0 atom stereocenters. The molecule has 5 heteroatoms. The second-order valence-electron chi connectivity index (χ2n) is 5.22. The van der Waals surface area contributed by atoms with E-state index in [2.05, 4.69) is 0 Å². The fourth-order valence-electron chi connectivity index (χ4n) is 2.65. The van der Waals surface area contributed by atoms with Gasteiger partial charge in [-0.05, 0) is 48.2 Å². The largest absolute Gasteiger partial charge is 0.493 e. The summed E-state index contributed by atoms with van der Waals surface area (Å²) in [6, 6.07) is 9.98. The highest BCUT2D eigenvalue weighted by atomic mass is 16.7. The van der Waals surface area contributed by atoms with Gasteiger partial charge in [0.05, 0.1) is 21.3 Å². The van der Waals surface area contributed by atoms with Gasteiger partial charge in [-0.15, -0.1) is 0 Å². The number of aryl methyl sites for hydroxylation is 2. The maximum Gasteiger partial charge on any atom is 0.231 e. The molecule has 1 heterocycles. The maximum absolute atomic E-state index is 5.46. The van der Waals surface area contributed by atoms with Crippen LogP contribution in [-0.4, -0.2) is 28.1 Å². The summed E-state index contributed by atoms with van der Waals surface area (Å²) in [7, 11) is 4.91. The highest BCUT2D eigenvalue weighted by Crippen LogP contribution is 2.42. The molecule has 5 nitrogen and oxygen atoms in total. The lowest BCUT2D eigenvalue weighted by atomic mass is 10.0. The van der Waals surface area contributed by atoms with E-state index in [1.54, 1.807) is 21.3 Å². The van der Waals surface area contributed by atoms with Crippen LogP contribution in [0.25, 0.3) is 0 Å². The molecule has 1 aliphatic rings. The Hall–Kier alpha value is -2.56. The van der Waals surface area contributed by atoms with Crippen LogP contribution in [-0.2, 0) is 12.8 Å². The summed E-state index contributed by atoms with van der Waals surface area (Å²) in [5.74, 6) is 3.62. The van der Waals surface area contributed by atoms with Gasteiger partial charge in [-0.2, -0.15) is 0 Å². The van der Waals surface area contributed by atoms with Crippen LogP contribution < -0.4 is 23.7 Å². The average molecular weight is 316 g/mol. The van der Waals surface area contributed by atoms with Gasteiger partial charge in [0, 0.05) is 0 Å². The molecule has 23 heavy (non-hydrogen) atoms. The number of ether oxygens (including phenoxy) is 5. The molecule has 0 saturated carbocycles. The third-order valence-electron chi connectivity index (χ3n) is 3.87. The molecule has 0 amide bonds. The first-order valence-electron chi connectivity index (χ1n) is 7.42. The molecule has 0 spiro atoms. The Morgan fingerprint density at radius 2 is 1.48 bits per heavy atom. The van der Waals surface area contributed by atoms with E-state index in [4.69, 9.17) is 23.7 Å². The number of methoxy groups -OCH3 is 3. The van der Waals surface area contributed by atoms with Crippen molar-refractivity contribution >= 4 is 0 Å². The van der Waals surface area contributed by atoms with Gasteiger partial charge in [-0.3, -0.25) is 0 Å². The third kappa shape index (κ3) is 3.13. The van der Waals surface area contributed by atoms with E-state index in [1.165, 1.54) is 5.56 Å². The summed E-state index contributed by atoms with van der Waals surface area (Å²) in [6.07, 6.45) is 1.74. The first kappa shape index (κ1) is 15.3. The van der Waals surface area contributed by atoms with Crippen molar-refractivity contribution in [3.8, 4) is 28.7 Å². The van der Waals surface area contributed by atoms with Gasteiger partial charge >= 0.3 is 0 Å². The van der Waals surface area contributed by atoms with Gasteiger partial charge in [-0.25, -0.2) is 0 Å². The summed E-state index contributed by atoms with van der Waals surface area (Å²) >= 11 is 0. The van der Waals surface area contributed by atoms with Crippen LogP contribution in [0.4, 0.5) is 0 Å². The van der Waals surface area contributed by atoms with E-state index in [0.717, 1.165) is 35.7 Å². The van der Waals surface area contributed by atoms with Crippen molar-refractivity contribution in [1.82, 2.24) is 0 Å². The van der Waals surface area contributed by atoms with Crippen molar-refractivity contribution in [2.24, 2.45) is 0 Å². The van der Waals surface area contributed by atoms with Crippen molar-refractivity contribution in [2.45, 2.75) is 12.8 Å². The van der Waals surface area contributed by atoms with E-state index < -0.39 is 0 Å².